The van der Waals surface area contributed by atoms with Crippen molar-refractivity contribution in [3.05, 3.63) is 28.2 Å². The van der Waals surface area contributed by atoms with Gasteiger partial charge in [0.1, 0.15) is 0 Å². The summed E-state index contributed by atoms with van der Waals surface area (Å²) in [7, 11) is 0. The molecule has 112 valence electrons. The molecule has 1 unspecified atom stereocenters. The molecule has 3 nitrogen and oxygen atoms in total. The van der Waals surface area contributed by atoms with Crippen LogP contribution in [0.3, 0.4) is 0 Å². The molecule has 0 spiro atoms. The zero-order valence-electron chi connectivity index (χ0n) is 10.9. The van der Waals surface area contributed by atoms with Gasteiger partial charge in [-0.3, -0.25) is 4.79 Å². The molecule has 1 atom stereocenters. The maximum Gasteiger partial charge on any atom is 0.416 e. The van der Waals surface area contributed by atoms with Gasteiger partial charge in [0.15, 0.2) is 0 Å². The fourth-order valence-electron chi connectivity index (χ4n) is 1.69. The molecule has 20 heavy (non-hydrogen) atoms. The maximum atomic E-state index is 12.7. The Morgan fingerprint density at radius 2 is 2.05 bits per heavy atom. The molecule has 0 fully saturated rings. The minimum absolute atomic E-state index is 0.0317. The van der Waals surface area contributed by atoms with E-state index in [4.69, 9.17) is 5.73 Å². The van der Waals surface area contributed by atoms with E-state index in [1.54, 1.807) is 0 Å². The van der Waals surface area contributed by atoms with Gasteiger partial charge in [-0.2, -0.15) is 13.2 Å². The number of alkyl halides is 3. The Morgan fingerprint density at radius 3 is 2.55 bits per heavy atom. The predicted molar refractivity (Wildman–Crippen MR) is 75.2 cm³/mol. The first-order valence-electron chi connectivity index (χ1n) is 6.14. The van der Waals surface area contributed by atoms with Crippen molar-refractivity contribution >= 4 is 27.5 Å². The molecule has 1 aromatic carbocycles. The van der Waals surface area contributed by atoms with Crippen LogP contribution in [-0.4, -0.2) is 12.5 Å². The van der Waals surface area contributed by atoms with E-state index in [0.29, 0.717) is 6.54 Å². The van der Waals surface area contributed by atoms with Crippen molar-refractivity contribution in [3.8, 4) is 0 Å². The Hall–Kier alpha value is -1.08. The average Bonchev–Trinajstić information content (AvgIpc) is 2.34. The Labute approximate surface area is 123 Å². The molecule has 0 aromatic heterocycles. The van der Waals surface area contributed by atoms with E-state index in [1.807, 2.05) is 6.92 Å². The van der Waals surface area contributed by atoms with Gasteiger partial charge in [-0.05, 0) is 30.7 Å². The first-order valence-corrected chi connectivity index (χ1v) is 6.93. The second-order valence-corrected chi connectivity index (χ2v) is 5.40. The molecule has 1 rings (SSSR count). The lowest BCUT2D eigenvalue weighted by Gasteiger charge is -2.14. The monoisotopic (exact) mass is 352 g/mol. The van der Waals surface area contributed by atoms with Crippen LogP contribution in [0.15, 0.2) is 22.7 Å². The fourth-order valence-corrected chi connectivity index (χ4v) is 2.19. The topological polar surface area (TPSA) is 55.1 Å². The number of rotatable bonds is 5. The van der Waals surface area contributed by atoms with Crippen molar-refractivity contribution in [2.45, 2.75) is 25.9 Å². The molecular weight excluding hydrogens is 337 g/mol. The van der Waals surface area contributed by atoms with Crippen molar-refractivity contribution < 1.29 is 18.0 Å². The summed E-state index contributed by atoms with van der Waals surface area (Å²) in [5, 5.41) is 2.47. The number of carbonyl (C=O) groups is 1. The lowest BCUT2D eigenvalue weighted by molar-refractivity contribution is -0.137. The fraction of sp³-hybridized carbons (Fsp3) is 0.462. The van der Waals surface area contributed by atoms with Crippen molar-refractivity contribution in [2.24, 2.45) is 11.7 Å². The van der Waals surface area contributed by atoms with Gasteiger partial charge in [0, 0.05) is 16.6 Å². The summed E-state index contributed by atoms with van der Waals surface area (Å²) in [6, 6.07) is 3.30. The SMILES string of the molecule is CCC(CN)CC(=O)Nc1cc(Br)cc(C(F)(F)F)c1. The minimum atomic E-state index is -4.45. The van der Waals surface area contributed by atoms with Gasteiger partial charge in [-0.1, -0.05) is 29.3 Å². The van der Waals surface area contributed by atoms with Crippen molar-refractivity contribution in [1.29, 1.82) is 0 Å². The Bertz CT molecular complexity index is 473. The number of hydrogen-bond acceptors (Lipinski definition) is 2. The van der Waals surface area contributed by atoms with Gasteiger partial charge in [0.2, 0.25) is 5.91 Å². The van der Waals surface area contributed by atoms with Crippen LogP contribution in [0.1, 0.15) is 25.3 Å². The number of nitrogens with two attached hydrogens (primary N) is 1. The Morgan fingerprint density at radius 1 is 1.40 bits per heavy atom. The first-order chi connectivity index (χ1) is 9.26. The van der Waals surface area contributed by atoms with Gasteiger partial charge in [-0.15, -0.1) is 0 Å². The molecule has 0 saturated carbocycles. The van der Waals surface area contributed by atoms with E-state index >= 15 is 0 Å². The van der Waals surface area contributed by atoms with Crippen LogP contribution < -0.4 is 11.1 Å². The number of benzene rings is 1. The van der Waals surface area contributed by atoms with Crippen LogP contribution in [0.2, 0.25) is 0 Å². The van der Waals surface area contributed by atoms with Crippen LogP contribution in [0.25, 0.3) is 0 Å². The average molecular weight is 353 g/mol. The third kappa shape index (κ3) is 5.13. The largest absolute Gasteiger partial charge is 0.416 e. The molecule has 0 bridgehead atoms. The van der Waals surface area contributed by atoms with Gasteiger partial charge in [0.05, 0.1) is 5.56 Å². The zero-order valence-corrected chi connectivity index (χ0v) is 12.5. The molecule has 1 aromatic rings. The number of anilines is 1. The molecule has 0 radical (unpaired) electrons. The second-order valence-electron chi connectivity index (χ2n) is 4.49. The highest BCUT2D eigenvalue weighted by Gasteiger charge is 2.31. The molecule has 0 aliphatic rings. The highest BCUT2D eigenvalue weighted by Crippen LogP contribution is 2.33. The number of nitrogens with one attached hydrogen (secondary N) is 1. The first kappa shape index (κ1) is 17.0. The number of halogens is 4. The molecule has 0 saturated heterocycles. The summed E-state index contributed by atoms with van der Waals surface area (Å²) >= 11 is 3.00. The standard InChI is InChI=1S/C13H16BrF3N2O/c1-2-8(7-18)3-12(20)19-11-5-9(13(15,16)17)4-10(14)6-11/h4-6,8H,2-3,7,18H2,1H3,(H,19,20). The van der Waals surface area contributed by atoms with Crippen LogP contribution in [-0.2, 0) is 11.0 Å². The molecule has 7 heteroatoms. The van der Waals surface area contributed by atoms with E-state index in [2.05, 4.69) is 21.2 Å². The molecule has 3 N–H and O–H groups in total. The van der Waals surface area contributed by atoms with Crippen molar-refractivity contribution in [1.82, 2.24) is 0 Å². The number of hydrogen-bond donors (Lipinski definition) is 2. The lowest BCUT2D eigenvalue weighted by Crippen LogP contribution is -2.22. The lowest BCUT2D eigenvalue weighted by atomic mass is 10.0. The quantitative estimate of drug-likeness (QED) is 0.847. The summed E-state index contributed by atoms with van der Waals surface area (Å²) in [4.78, 5) is 11.7. The minimum Gasteiger partial charge on any atom is -0.330 e. The molecule has 0 aliphatic heterocycles. The van der Waals surface area contributed by atoms with Crippen molar-refractivity contribution in [3.63, 3.8) is 0 Å². The Kier molecular flexibility index (Phi) is 6.01. The third-order valence-electron chi connectivity index (χ3n) is 2.89. The van der Waals surface area contributed by atoms with Crippen molar-refractivity contribution in [2.75, 3.05) is 11.9 Å². The summed E-state index contributed by atoms with van der Waals surface area (Å²) in [5.74, 6) is -0.308. The van der Waals surface area contributed by atoms with Crippen LogP contribution in [0.4, 0.5) is 18.9 Å². The van der Waals surface area contributed by atoms with Gasteiger partial charge >= 0.3 is 6.18 Å². The van der Waals surface area contributed by atoms with E-state index < -0.39 is 11.7 Å². The van der Waals surface area contributed by atoms with Gasteiger partial charge in [-0.25, -0.2) is 0 Å². The zero-order chi connectivity index (χ0) is 15.3. The summed E-state index contributed by atoms with van der Waals surface area (Å²) < 4.78 is 38.2. The molecule has 1 amide bonds. The summed E-state index contributed by atoms with van der Waals surface area (Å²) in [6.45, 7) is 2.28. The second kappa shape index (κ2) is 7.08. The predicted octanol–water partition coefficient (Wildman–Crippen LogP) is 3.78. The number of amides is 1. The van der Waals surface area contributed by atoms with Gasteiger partial charge in [0.25, 0.3) is 0 Å². The van der Waals surface area contributed by atoms with E-state index in [-0.39, 0.29) is 28.4 Å². The van der Waals surface area contributed by atoms with Crippen LogP contribution in [0.5, 0.6) is 0 Å². The highest BCUT2D eigenvalue weighted by atomic mass is 79.9. The smallest absolute Gasteiger partial charge is 0.330 e. The van der Waals surface area contributed by atoms with Crippen LogP contribution >= 0.6 is 15.9 Å². The summed E-state index contributed by atoms with van der Waals surface area (Å²) in [6.07, 6.45) is -3.51. The van der Waals surface area contributed by atoms with Gasteiger partial charge < -0.3 is 11.1 Å². The van der Waals surface area contributed by atoms with E-state index in [1.165, 1.54) is 6.07 Å². The van der Waals surface area contributed by atoms with E-state index in [9.17, 15) is 18.0 Å². The molecule has 0 heterocycles. The van der Waals surface area contributed by atoms with E-state index in [0.717, 1.165) is 18.6 Å². The number of carbonyl (C=O) groups excluding carboxylic acids is 1. The Balaban J connectivity index is 2.82. The maximum absolute atomic E-state index is 12.7. The normalized spacial score (nSPS) is 13.1. The highest BCUT2D eigenvalue weighted by molar-refractivity contribution is 9.10. The molecule has 0 aliphatic carbocycles. The summed E-state index contributed by atoms with van der Waals surface area (Å²) in [5.41, 5.74) is 4.80. The molecular formula is C13H16BrF3N2O. The van der Waals surface area contributed by atoms with Crippen LogP contribution in [0, 0.1) is 5.92 Å². The third-order valence-corrected chi connectivity index (χ3v) is 3.35.